The Labute approximate surface area is 229 Å². The average molecular weight is 698 g/mol. The van der Waals surface area contributed by atoms with E-state index in [4.69, 9.17) is 5.11 Å². The first-order valence-electron chi connectivity index (χ1n) is 10.7. The van der Waals surface area contributed by atoms with Gasteiger partial charge in [-0.05, 0) is 60.7 Å². The predicted molar refractivity (Wildman–Crippen MR) is 130 cm³/mol. The normalized spacial score (nSPS) is 9.58. The van der Waals surface area contributed by atoms with Gasteiger partial charge in [-0.2, -0.15) is 0 Å². The van der Waals surface area contributed by atoms with Gasteiger partial charge in [-0.15, -0.1) is 0 Å². The van der Waals surface area contributed by atoms with Crippen LogP contribution in [0.2, 0.25) is 0 Å². The first-order chi connectivity index (χ1) is 17.8. The number of pyridine rings is 3. The Balaban J connectivity index is 0.000000203. The van der Waals surface area contributed by atoms with E-state index in [1.165, 1.54) is 36.5 Å². The molecule has 0 fully saturated rings. The summed E-state index contributed by atoms with van der Waals surface area (Å²) in [5, 5.41) is 8.32. The quantitative estimate of drug-likeness (QED) is 0.209. The van der Waals surface area contributed by atoms with Gasteiger partial charge in [0.25, 0.3) is 0 Å². The van der Waals surface area contributed by atoms with Gasteiger partial charge in [0, 0.05) is 62.0 Å². The van der Waals surface area contributed by atoms with Crippen LogP contribution < -0.4 is 0 Å². The number of rotatable bonds is 3. The minimum absolute atomic E-state index is 0. The predicted octanol–water partition coefficient (Wildman–Crippen LogP) is 6.83. The SMILES string of the molecule is Fc1ccc(-c2ccccn2)c(F)c1.Fc1ccc(-c2ccccn2)c(F)c1.O=C(O)c1ccccn1.[Ir]. The summed E-state index contributed by atoms with van der Waals surface area (Å²) in [5.41, 5.74) is 1.71. The zero-order valence-electron chi connectivity index (χ0n) is 19.4. The molecule has 2 aromatic carbocycles. The first kappa shape index (κ1) is 30.0. The molecule has 0 aliphatic carbocycles. The summed E-state index contributed by atoms with van der Waals surface area (Å²) in [6, 6.07) is 22.0. The van der Waals surface area contributed by atoms with Gasteiger partial charge < -0.3 is 5.11 Å². The van der Waals surface area contributed by atoms with Crippen LogP contribution in [0.1, 0.15) is 10.5 Å². The van der Waals surface area contributed by atoms with Crippen molar-refractivity contribution in [3.8, 4) is 22.5 Å². The fourth-order valence-electron chi connectivity index (χ4n) is 2.93. The van der Waals surface area contributed by atoms with E-state index < -0.39 is 29.2 Å². The number of nitrogens with zero attached hydrogens (tertiary/aromatic N) is 3. The summed E-state index contributed by atoms with van der Waals surface area (Å²) in [4.78, 5) is 21.7. The zero-order chi connectivity index (χ0) is 26.6. The van der Waals surface area contributed by atoms with E-state index in [1.807, 2.05) is 0 Å². The number of aromatic carboxylic acids is 1. The van der Waals surface area contributed by atoms with Crippen molar-refractivity contribution in [1.82, 2.24) is 15.0 Å². The standard InChI is InChI=1S/2C11H7F2N.C6H5NO2.Ir/c2*12-8-4-5-9(10(13)7-8)11-3-1-2-6-14-11;8-6(9)5-3-1-2-4-7-5;/h2*1-7H;1-4H,(H,8,9);. The molecule has 0 spiro atoms. The van der Waals surface area contributed by atoms with Crippen molar-refractivity contribution in [3.05, 3.63) is 139 Å². The molecule has 5 nitrogen and oxygen atoms in total. The van der Waals surface area contributed by atoms with Crippen molar-refractivity contribution >= 4 is 5.97 Å². The molecule has 5 aromatic rings. The molecule has 3 heterocycles. The smallest absolute Gasteiger partial charge is 0.354 e. The van der Waals surface area contributed by atoms with Gasteiger partial charge in [-0.25, -0.2) is 27.3 Å². The molecule has 195 valence electrons. The number of benzene rings is 2. The molecule has 1 radical (unpaired) electrons. The van der Waals surface area contributed by atoms with Gasteiger partial charge in [-0.1, -0.05) is 18.2 Å². The number of carboxylic acids is 1. The van der Waals surface area contributed by atoms with Crippen molar-refractivity contribution in [2.75, 3.05) is 0 Å². The van der Waals surface area contributed by atoms with Crippen LogP contribution in [0.4, 0.5) is 17.6 Å². The fourth-order valence-corrected chi connectivity index (χ4v) is 2.93. The molecule has 0 bridgehead atoms. The summed E-state index contributed by atoms with van der Waals surface area (Å²) in [5.74, 6) is -3.34. The molecular weight excluding hydrogens is 679 g/mol. The summed E-state index contributed by atoms with van der Waals surface area (Å²) in [6.07, 6.45) is 4.58. The molecule has 3 aromatic heterocycles. The van der Waals surface area contributed by atoms with Crippen LogP contribution in [0.25, 0.3) is 22.5 Å². The zero-order valence-corrected chi connectivity index (χ0v) is 21.8. The van der Waals surface area contributed by atoms with E-state index in [9.17, 15) is 22.4 Å². The molecule has 5 rings (SSSR count). The fraction of sp³-hybridized carbons (Fsp3) is 0. The molecule has 10 heteroatoms. The third kappa shape index (κ3) is 8.99. The van der Waals surface area contributed by atoms with Crippen LogP contribution >= 0.6 is 0 Å². The van der Waals surface area contributed by atoms with E-state index >= 15 is 0 Å². The molecular formula is C28H19F4IrN3O2. The van der Waals surface area contributed by atoms with Crippen LogP contribution in [0.3, 0.4) is 0 Å². The second kappa shape index (κ2) is 15.1. The molecule has 0 aliphatic rings. The maximum atomic E-state index is 13.3. The van der Waals surface area contributed by atoms with Gasteiger partial charge in [0.05, 0.1) is 11.4 Å². The summed E-state index contributed by atoms with van der Waals surface area (Å²) in [6.45, 7) is 0. The maximum Gasteiger partial charge on any atom is 0.354 e. The maximum absolute atomic E-state index is 13.3. The van der Waals surface area contributed by atoms with Gasteiger partial charge in [-0.3, -0.25) is 9.97 Å². The van der Waals surface area contributed by atoms with Crippen LogP contribution in [-0.2, 0) is 20.1 Å². The van der Waals surface area contributed by atoms with E-state index in [0.717, 1.165) is 12.1 Å². The number of hydrogen-bond donors (Lipinski definition) is 1. The van der Waals surface area contributed by atoms with E-state index in [2.05, 4.69) is 15.0 Å². The second-order valence-corrected chi connectivity index (χ2v) is 7.20. The summed E-state index contributed by atoms with van der Waals surface area (Å²) >= 11 is 0. The van der Waals surface area contributed by atoms with Crippen molar-refractivity contribution in [2.45, 2.75) is 0 Å². The topological polar surface area (TPSA) is 76.0 Å². The van der Waals surface area contributed by atoms with Crippen molar-refractivity contribution in [1.29, 1.82) is 0 Å². The first-order valence-corrected chi connectivity index (χ1v) is 10.7. The third-order valence-electron chi connectivity index (χ3n) is 4.63. The molecule has 0 amide bonds. The number of carboxylic acid groups (broad SMARTS) is 1. The molecule has 0 saturated carbocycles. The van der Waals surface area contributed by atoms with E-state index in [1.54, 1.807) is 60.9 Å². The number of hydrogen-bond acceptors (Lipinski definition) is 4. The summed E-state index contributed by atoms with van der Waals surface area (Å²) < 4.78 is 51.7. The number of aromatic nitrogens is 3. The average Bonchev–Trinajstić information content (AvgIpc) is 2.91. The van der Waals surface area contributed by atoms with Gasteiger partial charge in [0.1, 0.15) is 29.0 Å². The van der Waals surface area contributed by atoms with Crippen LogP contribution in [0.15, 0.2) is 110 Å². The Hall–Kier alpha value is -4.27. The van der Waals surface area contributed by atoms with E-state index in [0.29, 0.717) is 22.5 Å². The Morgan fingerprint density at radius 1 is 0.579 bits per heavy atom. The van der Waals surface area contributed by atoms with Gasteiger partial charge in [0.15, 0.2) is 0 Å². The van der Waals surface area contributed by atoms with Crippen LogP contribution in [0, 0.1) is 23.3 Å². The third-order valence-corrected chi connectivity index (χ3v) is 4.63. The largest absolute Gasteiger partial charge is 0.477 e. The molecule has 0 unspecified atom stereocenters. The Bertz CT molecular complexity index is 1360. The number of carbonyl (C=O) groups is 1. The van der Waals surface area contributed by atoms with Crippen LogP contribution in [-0.4, -0.2) is 26.0 Å². The Morgan fingerprint density at radius 3 is 1.29 bits per heavy atom. The Morgan fingerprint density at radius 2 is 1.00 bits per heavy atom. The van der Waals surface area contributed by atoms with Gasteiger partial charge >= 0.3 is 5.97 Å². The minimum Gasteiger partial charge on any atom is -0.477 e. The minimum atomic E-state index is -0.990. The Kier molecular flexibility index (Phi) is 11.9. The summed E-state index contributed by atoms with van der Waals surface area (Å²) in [7, 11) is 0. The van der Waals surface area contributed by atoms with Crippen molar-refractivity contribution in [2.24, 2.45) is 0 Å². The van der Waals surface area contributed by atoms with Gasteiger partial charge in [0.2, 0.25) is 0 Å². The molecule has 1 N–H and O–H groups in total. The molecule has 0 atom stereocenters. The van der Waals surface area contributed by atoms with Crippen molar-refractivity contribution < 1.29 is 47.6 Å². The molecule has 38 heavy (non-hydrogen) atoms. The van der Waals surface area contributed by atoms with E-state index in [-0.39, 0.29) is 25.8 Å². The van der Waals surface area contributed by atoms with Crippen LogP contribution in [0.5, 0.6) is 0 Å². The molecule has 0 saturated heterocycles. The van der Waals surface area contributed by atoms with Crippen molar-refractivity contribution in [3.63, 3.8) is 0 Å². The monoisotopic (exact) mass is 698 g/mol. The molecule has 0 aliphatic heterocycles. The number of halogens is 4. The second-order valence-electron chi connectivity index (χ2n) is 7.20.